The van der Waals surface area contributed by atoms with Gasteiger partial charge in [0.2, 0.25) is 0 Å². The largest absolute Gasteiger partial charge is 0.395 e. The number of rotatable bonds is 5. The molecule has 2 nitrogen and oxygen atoms in total. The molecule has 2 saturated carbocycles. The minimum absolute atomic E-state index is 0.338. The first kappa shape index (κ1) is 12.4. The van der Waals surface area contributed by atoms with Crippen molar-refractivity contribution < 1.29 is 5.11 Å². The quantitative estimate of drug-likeness (QED) is 0.777. The minimum Gasteiger partial charge on any atom is -0.395 e. The Kier molecular flexibility index (Phi) is 4.66. The van der Waals surface area contributed by atoms with Crippen molar-refractivity contribution in [1.29, 1.82) is 0 Å². The summed E-state index contributed by atoms with van der Waals surface area (Å²) in [6.45, 7) is 3.57. The summed E-state index contributed by atoms with van der Waals surface area (Å²) < 4.78 is 0. The van der Waals surface area contributed by atoms with Crippen LogP contribution in [-0.4, -0.2) is 35.2 Å². The molecule has 0 amide bonds. The second-order valence-corrected chi connectivity index (χ2v) is 5.63. The molecule has 2 aliphatic rings. The molecule has 0 spiro atoms. The minimum atomic E-state index is 0.338. The molecule has 0 heterocycles. The third kappa shape index (κ3) is 2.78. The van der Waals surface area contributed by atoms with E-state index in [9.17, 15) is 5.11 Å². The average Bonchev–Trinajstić information content (AvgIpc) is 2.26. The standard InChI is InChI=1S/C14H27NO/c1-2-12-6-8-14(9-7-12)15(10-11-16)13-4-3-5-13/h12-14,16H,2-11H2,1H3. The smallest absolute Gasteiger partial charge is 0.0558 e. The van der Waals surface area contributed by atoms with Crippen molar-refractivity contribution in [2.75, 3.05) is 13.2 Å². The fourth-order valence-corrected chi connectivity index (χ4v) is 3.38. The Bertz CT molecular complexity index is 195. The maximum atomic E-state index is 9.19. The highest BCUT2D eigenvalue weighted by Gasteiger charge is 2.32. The first-order chi connectivity index (χ1) is 7.85. The predicted octanol–water partition coefficient (Wildman–Crippen LogP) is 2.80. The monoisotopic (exact) mass is 225 g/mol. The van der Waals surface area contributed by atoms with Gasteiger partial charge in [0.1, 0.15) is 0 Å². The van der Waals surface area contributed by atoms with Crippen LogP contribution in [0.3, 0.4) is 0 Å². The van der Waals surface area contributed by atoms with E-state index in [1.807, 2.05) is 0 Å². The summed E-state index contributed by atoms with van der Waals surface area (Å²) in [5, 5.41) is 9.19. The van der Waals surface area contributed by atoms with E-state index in [1.165, 1.54) is 51.4 Å². The Hall–Kier alpha value is -0.0800. The first-order valence-corrected chi connectivity index (χ1v) is 7.21. The van der Waals surface area contributed by atoms with Crippen molar-refractivity contribution in [3.05, 3.63) is 0 Å². The van der Waals surface area contributed by atoms with Gasteiger partial charge in [-0.15, -0.1) is 0 Å². The van der Waals surface area contributed by atoms with E-state index in [2.05, 4.69) is 11.8 Å². The van der Waals surface area contributed by atoms with Crippen LogP contribution in [0.2, 0.25) is 0 Å². The fraction of sp³-hybridized carbons (Fsp3) is 1.00. The van der Waals surface area contributed by atoms with Crippen LogP contribution in [0.5, 0.6) is 0 Å². The lowest BCUT2D eigenvalue weighted by molar-refractivity contribution is 0.0362. The lowest BCUT2D eigenvalue weighted by Gasteiger charge is -2.44. The topological polar surface area (TPSA) is 23.5 Å². The second-order valence-electron chi connectivity index (χ2n) is 5.63. The highest BCUT2D eigenvalue weighted by atomic mass is 16.3. The zero-order chi connectivity index (χ0) is 11.4. The molecule has 94 valence electrons. The molecule has 0 atom stereocenters. The van der Waals surface area contributed by atoms with Crippen molar-refractivity contribution in [3.63, 3.8) is 0 Å². The van der Waals surface area contributed by atoms with Crippen LogP contribution in [-0.2, 0) is 0 Å². The lowest BCUT2D eigenvalue weighted by atomic mass is 9.81. The van der Waals surface area contributed by atoms with Gasteiger partial charge in [0.25, 0.3) is 0 Å². The molecule has 0 radical (unpaired) electrons. The molecule has 0 bridgehead atoms. The van der Waals surface area contributed by atoms with Crippen LogP contribution in [0.1, 0.15) is 58.3 Å². The summed E-state index contributed by atoms with van der Waals surface area (Å²) in [5.74, 6) is 0.980. The Morgan fingerprint density at radius 2 is 1.62 bits per heavy atom. The second kappa shape index (κ2) is 6.02. The van der Waals surface area contributed by atoms with Gasteiger partial charge in [-0.2, -0.15) is 0 Å². The molecule has 0 aromatic carbocycles. The van der Waals surface area contributed by atoms with Gasteiger partial charge in [0.05, 0.1) is 6.61 Å². The van der Waals surface area contributed by atoms with Gasteiger partial charge in [-0.1, -0.05) is 19.8 Å². The third-order valence-corrected chi connectivity index (χ3v) is 4.76. The molecule has 0 aliphatic heterocycles. The van der Waals surface area contributed by atoms with Gasteiger partial charge >= 0.3 is 0 Å². The molecule has 2 fully saturated rings. The molecule has 2 rings (SSSR count). The zero-order valence-corrected chi connectivity index (χ0v) is 10.7. The van der Waals surface area contributed by atoms with Gasteiger partial charge in [-0.3, -0.25) is 4.90 Å². The van der Waals surface area contributed by atoms with Crippen LogP contribution in [0.4, 0.5) is 0 Å². The summed E-state index contributed by atoms with van der Waals surface area (Å²) in [6, 6.07) is 1.58. The summed E-state index contributed by atoms with van der Waals surface area (Å²) in [5.41, 5.74) is 0. The van der Waals surface area contributed by atoms with Crippen LogP contribution in [0, 0.1) is 5.92 Å². The Balaban J connectivity index is 1.83. The first-order valence-electron chi connectivity index (χ1n) is 7.21. The summed E-state index contributed by atoms with van der Waals surface area (Å²) in [7, 11) is 0. The molecular formula is C14H27NO. The number of aliphatic hydroxyl groups is 1. The molecule has 2 aliphatic carbocycles. The fourth-order valence-electron chi connectivity index (χ4n) is 3.38. The summed E-state index contributed by atoms with van der Waals surface area (Å²) in [4.78, 5) is 2.62. The lowest BCUT2D eigenvalue weighted by Crippen LogP contribution is -2.49. The number of nitrogens with zero attached hydrogens (tertiary/aromatic N) is 1. The van der Waals surface area contributed by atoms with Gasteiger partial charge in [0, 0.05) is 18.6 Å². The number of hydrogen-bond donors (Lipinski definition) is 1. The van der Waals surface area contributed by atoms with E-state index < -0.39 is 0 Å². The molecule has 0 saturated heterocycles. The maximum Gasteiger partial charge on any atom is 0.0558 e. The highest BCUT2D eigenvalue weighted by Crippen LogP contribution is 2.34. The van der Waals surface area contributed by atoms with Crippen LogP contribution in [0.25, 0.3) is 0 Å². The van der Waals surface area contributed by atoms with E-state index in [4.69, 9.17) is 0 Å². The van der Waals surface area contributed by atoms with Gasteiger partial charge < -0.3 is 5.11 Å². The molecule has 0 unspecified atom stereocenters. The molecule has 2 heteroatoms. The Morgan fingerprint density at radius 1 is 1.00 bits per heavy atom. The van der Waals surface area contributed by atoms with Crippen LogP contribution in [0.15, 0.2) is 0 Å². The van der Waals surface area contributed by atoms with Gasteiger partial charge in [0.15, 0.2) is 0 Å². The van der Waals surface area contributed by atoms with Crippen molar-refractivity contribution in [2.45, 2.75) is 70.4 Å². The van der Waals surface area contributed by atoms with Crippen molar-refractivity contribution in [3.8, 4) is 0 Å². The molecule has 0 aromatic heterocycles. The predicted molar refractivity (Wildman–Crippen MR) is 67.5 cm³/mol. The Morgan fingerprint density at radius 3 is 2.06 bits per heavy atom. The van der Waals surface area contributed by atoms with Crippen molar-refractivity contribution in [2.24, 2.45) is 5.92 Å². The van der Waals surface area contributed by atoms with Crippen LogP contribution >= 0.6 is 0 Å². The average molecular weight is 225 g/mol. The van der Waals surface area contributed by atoms with E-state index in [1.54, 1.807) is 0 Å². The molecule has 0 aromatic rings. The van der Waals surface area contributed by atoms with E-state index in [0.29, 0.717) is 6.61 Å². The van der Waals surface area contributed by atoms with E-state index in [0.717, 1.165) is 24.5 Å². The van der Waals surface area contributed by atoms with Gasteiger partial charge in [-0.25, -0.2) is 0 Å². The van der Waals surface area contributed by atoms with Crippen molar-refractivity contribution in [1.82, 2.24) is 4.90 Å². The third-order valence-electron chi connectivity index (χ3n) is 4.76. The summed E-state index contributed by atoms with van der Waals surface area (Å²) in [6.07, 6.45) is 11.1. The van der Waals surface area contributed by atoms with Gasteiger partial charge in [-0.05, 0) is 44.4 Å². The van der Waals surface area contributed by atoms with E-state index in [-0.39, 0.29) is 0 Å². The zero-order valence-electron chi connectivity index (χ0n) is 10.7. The summed E-state index contributed by atoms with van der Waals surface area (Å²) >= 11 is 0. The van der Waals surface area contributed by atoms with Crippen molar-refractivity contribution >= 4 is 0 Å². The number of aliphatic hydroxyl groups excluding tert-OH is 1. The molecule has 1 N–H and O–H groups in total. The normalized spacial score (nSPS) is 31.7. The van der Waals surface area contributed by atoms with E-state index >= 15 is 0 Å². The molecule has 16 heavy (non-hydrogen) atoms. The SMILES string of the molecule is CCC1CCC(N(CCO)C2CCC2)CC1. The highest BCUT2D eigenvalue weighted by molar-refractivity contribution is 4.87. The Labute approximate surface area is 100 Å². The molecular weight excluding hydrogens is 198 g/mol. The van der Waals surface area contributed by atoms with Crippen LogP contribution < -0.4 is 0 Å². The number of hydrogen-bond acceptors (Lipinski definition) is 2. The maximum absolute atomic E-state index is 9.19.